The molecule has 1 saturated heterocycles. The first-order chi connectivity index (χ1) is 14.1. The van der Waals surface area contributed by atoms with Gasteiger partial charge in [-0.15, -0.1) is 11.3 Å². The van der Waals surface area contributed by atoms with E-state index in [0.717, 1.165) is 29.9 Å². The number of carbonyl (C=O) groups excluding carboxylic acids is 1. The maximum Gasteiger partial charge on any atom is 0.241 e. The average molecular weight is 412 g/mol. The molecule has 6 nitrogen and oxygen atoms in total. The number of nitrogens with one attached hydrogen (secondary N) is 1. The number of amides is 1. The Bertz CT molecular complexity index is 986. The minimum atomic E-state index is -0.287. The number of hydrogen-bond acceptors (Lipinski definition) is 6. The molecule has 0 spiro atoms. The largest absolute Gasteiger partial charge is 0.497 e. The van der Waals surface area contributed by atoms with Crippen molar-refractivity contribution in [3.8, 4) is 11.5 Å². The van der Waals surface area contributed by atoms with Gasteiger partial charge in [-0.2, -0.15) is 0 Å². The Morgan fingerprint density at radius 1 is 1.24 bits per heavy atom. The van der Waals surface area contributed by atoms with Gasteiger partial charge in [0.2, 0.25) is 5.91 Å². The van der Waals surface area contributed by atoms with Gasteiger partial charge < -0.3 is 14.8 Å². The quantitative estimate of drug-likeness (QED) is 0.648. The van der Waals surface area contributed by atoms with Crippen LogP contribution in [0.5, 0.6) is 11.5 Å². The maximum absolute atomic E-state index is 13.1. The summed E-state index contributed by atoms with van der Waals surface area (Å²) in [5.74, 6) is 1.21. The average Bonchev–Trinajstić information content (AvgIpc) is 3.39. The van der Waals surface area contributed by atoms with Crippen LogP contribution in [-0.2, 0) is 4.79 Å². The standard InChI is InChI=1S/C22H25N3O3S/c1-14(21(26)23-17-13-15(27-2)10-11-19(17)28-3)25-12-6-8-18(25)22-24-16-7-4-5-9-20(16)29-22/h4-5,7,9-11,13-14,18H,6,8,12H2,1-3H3,(H,23,26). The van der Waals surface area contributed by atoms with Gasteiger partial charge in [-0.1, -0.05) is 12.1 Å². The molecule has 0 radical (unpaired) electrons. The van der Waals surface area contributed by atoms with Crippen molar-refractivity contribution in [2.45, 2.75) is 31.8 Å². The molecule has 29 heavy (non-hydrogen) atoms. The smallest absolute Gasteiger partial charge is 0.241 e. The molecule has 1 fully saturated rings. The lowest BCUT2D eigenvalue weighted by molar-refractivity contribution is -0.121. The van der Waals surface area contributed by atoms with E-state index in [-0.39, 0.29) is 18.0 Å². The van der Waals surface area contributed by atoms with Crippen LogP contribution in [-0.4, -0.2) is 42.6 Å². The van der Waals surface area contributed by atoms with Crippen LogP contribution >= 0.6 is 11.3 Å². The van der Waals surface area contributed by atoms with E-state index in [4.69, 9.17) is 14.5 Å². The third kappa shape index (κ3) is 3.93. The molecule has 1 amide bonds. The monoisotopic (exact) mass is 411 g/mol. The second-order valence-corrected chi connectivity index (χ2v) is 8.21. The third-order valence-electron chi connectivity index (χ3n) is 5.43. The summed E-state index contributed by atoms with van der Waals surface area (Å²) >= 11 is 1.72. The minimum absolute atomic E-state index is 0.0652. The second-order valence-electron chi connectivity index (χ2n) is 7.15. The number of likely N-dealkylation sites (tertiary alicyclic amines) is 1. The molecule has 2 aromatic carbocycles. The molecular weight excluding hydrogens is 386 g/mol. The van der Waals surface area contributed by atoms with E-state index in [0.29, 0.717) is 17.2 Å². The molecule has 2 heterocycles. The van der Waals surface area contributed by atoms with Crippen molar-refractivity contribution in [2.75, 3.05) is 26.1 Å². The first-order valence-electron chi connectivity index (χ1n) is 9.75. The number of ether oxygens (including phenoxy) is 2. The van der Waals surface area contributed by atoms with Gasteiger partial charge in [-0.25, -0.2) is 4.98 Å². The Morgan fingerprint density at radius 3 is 2.83 bits per heavy atom. The number of fused-ring (bicyclic) bond motifs is 1. The number of rotatable bonds is 6. The summed E-state index contributed by atoms with van der Waals surface area (Å²) in [6.45, 7) is 2.83. The molecule has 1 aliphatic heterocycles. The normalized spacial score (nSPS) is 18.0. The fraction of sp³-hybridized carbons (Fsp3) is 0.364. The molecule has 2 atom stereocenters. The number of thiazole rings is 1. The van der Waals surface area contributed by atoms with E-state index in [1.807, 2.05) is 31.2 Å². The highest BCUT2D eigenvalue weighted by molar-refractivity contribution is 7.18. The van der Waals surface area contributed by atoms with Crippen molar-refractivity contribution in [1.29, 1.82) is 0 Å². The molecule has 1 N–H and O–H groups in total. The van der Waals surface area contributed by atoms with Gasteiger partial charge in [-0.05, 0) is 50.6 Å². The number of hydrogen-bond donors (Lipinski definition) is 1. The van der Waals surface area contributed by atoms with E-state index in [2.05, 4.69) is 16.3 Å². The molecule has 7 heteroatoms. The summed E-state index contributed by atoms with van der Waals surface area (Å²) < 4.78 is 11.8. The molecule has 1 aromatic heterocycles. The Kier molecular flexibility index (Phi) is 5.69. The number of aromatic nitrogens is 1. The molecule has 2 unspecified atom stereocenters. The van der Waals surface area contributed by atoms with Crippen LogP contribution in [0.1, 0.15) is 30.8 Å². The van der Waals surface area contributed by atoms with Gasteiger partial charge in [0.1, 0.15) is 16.5 Å². The Hall–Kier alpha value is -2.64. The molecule has 3 aromatic rings. The van der Waals surface area contributed by atoms with Gasteiger partial charge in [0, 0.05) is 6.07 Å². The molecule has 152 valence electrons. The van der Waals surface area contributed by atoms with E-state index >= 15 is 0 Å². The first-order valence-corrected chi connectivity index (χ1v) is 10.6. The summed E-state index contributed by atoms with van der Waals surface area (Å²) in [5, 5.41) is 4.09. The Balaban J connectivity index is 1.53. The van der Waals surface area contributed by atoms with Gasteiger partial charge in [0.15, 0.2) is 0 Å². The molecule has 0 bridgehead atoms. The van der Waals surface area contributed by atoms with Gasteiger partial charge in [0.25, 0.3) is 0 Å². The lowest BCUT2D eigenvalue weighted by atomic mass is 10.2. The van der Waals surface area contributed by atoms with Crippen molar-refractivity contribution < 1.29 is 14.3 Å². The highest BCUT2D eigenvalue weighted by atomic mass is 32.1. The number of para-hydroxylation sites is 1. The van der Waals surface area contributed by atoms with Gasteiger partial charge >= 0.3 is 0 Å². The molecule has 4 rings (SSSR count). The van der Waals surface area contributed by atoms with Crippen molar-refractivity contribution in [1.82, 2.24) is 9.88 Å². The molecule has 1 aliphatic rings. The summed E-state index contributed by atoms with van der Waals surface area (Å²) in [5.41, 5.74) is 1.64. The third-order valence-corrected chi connectivity index (χ3v) is 6.57. The van der Waals surface area contributed by atoms with E-state index in [1.165, 1.54) is 4.70 Å². The molecule has 0 saturated carbocycles. The SMILES string of the molecule is COc1ccc(OC)c(NC(=O)C(C)N2CCCC2c2nc3ccccc3s2)c1. The zero-order valence-electron chi connectivity index (χ0n) is 16.8. The summed E-state index contributed by atoms with van der Waals surface area (Å²) in [6, 6.07) is 13.4. The van der Waals surface area contributed by atoms with Crippen molar-refractivity contribution in [3.63, 3.8) is 0 Å². The number of nitrogens with zero attached hydrogens (tertiary/aromatic N) is 2. The predicted molar refractivity (Wildman–Crippen MR) is 116 cm³/mol. The van der Waals surface area contributed by atoms with Crippen LogP contribution < -0.4 is 14.8 Å². The van der Waals surface area contributed by atoms with Crippen LogP contribution in [0, 0.1) is 0 Å². The Morgan fingerprint density at radius 2 is 2.07 bits per heavy atom. The van der Waals surface area contributed by atoms with Gasteiger partial charge in [0.05, 0.1) is 42.2 Å². The van der Waals surface area contributed by atoms with Crippen molar-refractivity contribution in [3.05, 3.63) is 47.5 Å². The summed E-state index contributed by atoms with van der Waals surface area (Å²) in [6.07, 6.45) is 2.07. The highest BCUT2D eigenvalue weighted by Crippen LogP contribution is 2.38. The number of anilines is 1. The molecule has 0 aliphatic carbocycles. The number of methoxy groups -OCH3 is 2. The van der Waals surface area contributed by atoms with Crippen LogP contribution in [0.4, 0.5) is 5.69 Å². The van der Waals surface area contributed by atoms with Crippen molar-refractivity contribution >= 4 is 33.1 Å². The van der Waals surface area contributed by atoms with Crippen LogP contribution in [0.3, 0.4) is 0 Å². The van der Waals surface area contributed by atoms with Crippen molar-refractivity contribution in [2.24, 2.45) is 0 Å². The van der Waals surface area contributed by atoms with E-state index in [9.17, 15) is 4.79 Å². The van der Waals surface area contributed by atoms with E-state index < -0.39 is 0 Å². The van der Waals surface area contributed by atoms with Gasteiger partial charge in [-0.3, -0.25) is 9.69 Å². The number of carbonyl (C=O) groups is 1. The minimum Gasteiger partial charge on any atom is -0.497 e. The predicted octanol–water partition coefficient (Wildman–Crippen LogP) is 4.48. The second kappa shape index (κ2) is 8.39. The maximum atomic E-state index is 13.1. The lowest BCUT2D eigenvalue weighted by Crippen LogP contribution is -2.41. The first kappa shape index (κ1) is 19.7. The topological polar surface area (TPSA) is 63.7 Å². The molecular formula is C22H25N3O3S. The zero-order chi connectivity index (χ0) is 20.4. The Labute approximate surface area is 174 Å². The summed E-state index contributed by atoms with van der Waals surface area (Å²) in [4.78, 5) is 20.1. The summed E-state index contributed by atoms with van der Waals surface area (Å²) in [7, 11) is 3.19. The van der Waals surface area contributed by atoms with Crippen LogP contribution in [0.2, 0.25) is 0 Å². The fourth-order valence-corrected chi connectivity index (χ4v) is 4.97. The lowest BCUT2D eigenvalue weighted by Gasteiger charge is -2.28. The fourth-order valence-electron chi connectivity index (χ4n) is 3.85. The zero-order valence-corrected chi connectivity index (χ0v) is 17.7. The van der Waals surface area contributed by atoms with E-state index in [1.54, 1.807) is 37.7 Å². The number of benzene rings is 2. The van der Waals surface area contributed by atoms with Crippen LogP contribution in [0.15, 0.2) is 42.5 Å². The highest BCUT2D eigenvalue weighted by Gasteiger charge is 2.35. The van der Waals surface area contributed by atoms with Crippen LogP contribution in [0.25, 0.3) is 10.2 Å².